The Morgan fingerprint density at radius 3 is 2.55 bits per heavy atom. The predicted octanol–water partition coefficient (Wildman–Crippen LogP) is 2.27. The van der Waals surface area contributed by atoms with E-state index in [1.807, 2.05) is 24.3 Å². The molecule has 2 atom stereocenters. The predicted molar refractivity (Wildman–Crippen MR) is 84.9 cm³/mol. The van der Waals surface area contributed by atoms with Crippen LogP contribution in [0.25, 0.3) is 0 Å². The third kappa shape index (κ3) is 5.06. The van der Waals surface area contributed by atoms with Gasteiger partial charge >= 0.3 is 0 Å². The Hall–Kier alpha value is -1.20. The van der Waals surface area contributed by atoms with Gasteiger partial charge in [0.15, 0.2) is 0 Å². The summed E-state index contributed by atoms with van der Waals surface area (Å²) in [5, 5.41) is 2.30. The van der Waals surface area contributed by atoms with Gasteiger partial charge in [0.25, 0.3) is 0 Å². The molecular weight excluding hydrogens is 272 g/mol. The molecule has 0 aromatic heterocycles. The van der Waals surface area contributed by atoms with Crippen molar-refractivity contribution in [3.63, 3.8) is 0 Å². The van der Waals surface area contributed by atoms with Gasteiger partial charge in [-0.15, -0.1) is 0 Å². The van der Waals surface area contributed by atoms with Crippen LogP contribution in [0, 0.1) is 5.92 Å². The van der Waals surface area contributed by atoms with Crippen molar-refractivity contribution in [2.75, 3.05) is 11.1 Å². The van der Waals surface area contributed by atoms with Crippen LogP contribution in [0.3, 0.4) is 0 Å². The molecule has 0 aliphatic rings. The summed E-state index contributed by atoms with van der Waals surface area (Å²) in [4.78, 5) is 12.1. The monoisotopic (exact) mass is 296 g/mol. The van der Waals surface area contributed by atoms with Crippen LogP contribution in [0.4, 0.5) is 5.69 Å². The molecule has 112 valence electrons. The normalized spacial score (nSPS) is 14.1. The second kappa shape index (κ2) is 8.17. The van der Waals surface area contributed by atoms with Crippen molar-refractivity contribution in [1.29, 1.82) is 0 Å². The molecule has 4 nitrogen and oxygen atoms in total. The lowest BCUT2D eigenvalue weighted by atomic mass is 10.2. The maximum Gasteiger partial charge on any atom is 0.239 e. The highest BCUT2D eigenvalue weighted by Crippen LogP contribution is 2.15. The lowest BCUT2D eigenvalue weighted by molar-refractivity contribution is -0.115. The van der Waals surface area contributed by atoms with E-state index in [1.165, 1.54) is 0 Å². The van der Waals surface area contributed by atoms with Crippen molar-refractivity contribution in [3.05, 3.63) is 29.8 Å². The largest absolute Gasteiger partial charge is 0.326 e. The number of anilines is 1. The third-order valence-electron chi connectivity index (χ3n) is 3.16. The molecule has 0 bridgehead atoms. The van der Waals surface area contributed by atoms with Gasteiger partial charge in [-0.3, -0.25) is 9.00 Å². The number of para-hydroxylation sites is 1. The Kier molecular flexibility index (Phi) is 6.88. The zero-order valence-corrected chi connectivity index (χ0v) is 13.2. The van der Waals surface area contributed by atoms with Crippen LogP contribution in [0.5, 0.6) is 0 Å². The molecule has 0 spiro atoms. The Morgan fingerprint density at radius 2 is 1.95 bits per heavy atom. The van der Waals surface area contributed by atoms with Gasteiger partial charge in [0.05, 0.1) is 0 Å². The minimum absolute atomic E-state index is 0.215. The highest BCUT2D eigenvalue weighted by Gasteiger charge is 2.20. The molecule has 3 N–H and O–H groups in total. The lowest BCUT2D eigenvalue weighted by Gasteiger charge is -2.14. The van der Waals surface area contributed by atoms with Crippen LogP contribution in [0.1, 0.15) is 32.8 Å². The maximum absolute atomic E-state index is 12.1. The summed E-state index contributed by atoms with van der Waals surface area (Å²) in [7, 11) is -1.14. The fourth-order valence-corrected chi connectivity index (χ4v) is 3.06. The van der Waals surface area contributed by atoms with Crippen molar-refractivity contribution >= 4 is 22.4 Å². The maximum atomic E-state index is 12.1. The molecule has 0 radical (unpaired) electrons. The minimum atomic E-state index is -1.14. The summed E-state index contributed by atoms with van der Waals surface area (Å²) in [6.07, 6.45) is 0.865. The van der Waals surface area contributed by atoms with Gasteiger partial charge in [0.2, 0.25) is 5.91 Å². The third-order valence-corrected chi connectivity index (χ3v) is 4.80. The molecule has 1 aromatic carbocycles. The van der Waals surface area contributed by atoms with Crippen molar-refractivity contribution in [2.45, 2.75) is 39.0 Å². The van der Waals surface area contributed by atoms with Crippen molar-refractivity contribution < 1.29 is 9.00 Å². The molecule has 1 aromatic rings. The van der Waals surface area contributed by atoms with Crippen molar-refractivity contribution in [3.8, 4) is 0 Å². The summed E-state index contributed by atoms with van der Waals surface area (Å²) in [6.45, 7) is 6.23. The molecule has 20 heavy (non-hydrogen) atoms. The Morgan fingerprint density at radius 1 is 1.30 bits per heavy atom. The smallest absolute Gasteiger partial charge is 0.239 e. The molecule has 0 saturated heterocycles. The van der Waals surface area contributed by atoms with Crippen LogP contribution in [-0.2, 0) is 22.1 Å². The van der Waals surface area contributed by atoms with Gasteiger partial charge in [-0.1, -0.05) is 32.0 Å². The van der Waals surface area contributed by atoms with Crippen molar-refractivity contribution in [1.82, 2.24) is 0 Å². The average molecular weight is 296 g/mol. The first-order valence-electron chi connectivity index (χ1n) is 6.91. The second-order valence-electron chi connectivity index (χ2n) is 5.26. The molecule has 5 heteroatoms. The number of benzene rings is 1. The van der Waals surface area contributed by atoms with E-state index in [0.29, 0.717) is 23.9 Å². The molecule has 2 unspecified atom stereocenters. The number of hydrogen-bond acceptors (Lipinski definition) is 3. The molecule has 1 amide bonds. The van der Waals surface area contributed by atoms with E-state index in [-0.39, 0.29) is 5.91 Å². The summed E-state index contributed by atoms with van der Waals surface area (Å²) >= 11 is 0. The van der Waals surface area contributed by atoms with Crippen LogP contribution < -0.4 is 11.1 Å². The molecule has 0 saturated carbocycles. The topological polar surface area (TPSA) is 72.2 Å². The first-order chi connectivity index (χ1) is 9.45. The van der Waals surface area contributed by atoms with E-state index in [2.05, 4.69) is 19.2 Å². The molecule has 0 aliphatic heterocycles. The fraction of sp³-hybridized carbons (Fsp3) is 0.533. The highest BCUT2D eigenvalue weighted by molar-refractivity contribution is 7.86. The summed E-state index contributed by atoms with van der Waals surface area (Å²) < 4.78 is 12.1. The number of nitrogens with one attached hydrogen (secondary N) is 1. The first kappa shape index (κ1) is 16.9. The van der Waals surface area contributed by atoms with E-state index in [0.717, 1.165) is 12.0 Å². The van der Waals surface area contributed by atoms with Gasteiger partial charge in [-0.2, -0.15) is 0 Å². The van der Waals surface area contributed by atoms with Gasteiger partial charge in [0.1, 0.15) is 5.25 Å². The quantitative estimate of drug-likeness (QED) is 0.810. The molecular formula is C15H24N2O2S. The SMILES string of the molecule is CC(C)CCS(=O)C(C)C(=O)Nc1ccccc1CN. The van der Waals surface area contributed by atoms with E-state index in [1.54, 1.807) is 6.92 Å². The fourth-order valence-electron chi connectivity index (χ4n) is 1.70. The molecule has 0 heterocycles. The van der Waals surface area contributed by atoms with E-state index >= 15 is 0 Å². The van der Waals surface area contributed by atoms with Gasteiger partial charge in [-0.05, 0) is 30.9 Å². The summed E-state index contributed by atoms with van der Waals surface area (Å²) in [6, 6.07) is 7.40. The number of carbonyl (C=O) groups excluding carboxylic acids is 1. The van der Waals surface area contributed by atoms with Crippen LogP contribution in [0.15, 0.2) is 24.3 Å². The number of amides is 1. The molecule has 0 aliphatic carbocycles. The number of rotatable bonds is 7. The van der Waals surface area contributed by atoms with Crippen molar-refractivity contribution in [2.24, 2.45) is 11.7 Å². The Balaban J connectivity index is 2.63. The second-order valence-corrected chi connectivity index (χ2v) is 7.14. The Labute approximate surface area is 123 Å². The van der Waals surface area contributed by atoms with Crippen LogP contribution >= 0.6 is 0 Å². The van der Waals surface area contributed by atoms with E-state index < -0.39 is 16.0 Å². The number of carbonyl (C=O) groups is 1. The molecule has 1 rings (SSSR count). The number of hydrogen-bond donors (Lipinski definition) is 2. The zero-order chi connectivity index (χ0) is 15.1. The minimum Gasteiger partial charge on any atom is -0.326 e. The van der Waals surface area contributed by atoms with Crippen LogP contribution in [-0.4, -0.2) is 21.1 Å². The highest BCUT2D eigenvalue weighted by atomic mass is 32.2. The van der Waals surface area contributed by atoms with Crippen LogP contribution in [0.2, 0.25) is 0 Å². The summed E-state index contributed by atoms with van der Waals surface area (Å²) in [5.74, 6) is 0.838. The first-order valence-corrected chi connectivity index (χ1v) is 8.30. The Bertz CT molecular complexity index is 475. The zero-order valence-electron chi connectivity index (χ0n) is 12.4. The van der Waals surface area contributed by atoms with E-state index in [9.17, 15) is 9.00 Å². The standard InChI is InChI=1S/C15H24N2O2S/c1-11(2)8-9-20(19)12(3)15(18)17-14-7-5-4-6-13(14)10-16/h4-7,11-12H,8-10,16H2,1-3H3,(H,17,18). The van der Waals surface area contributed by atoms with E-state index in [4.69, 9.17) is 5.73 Å². The van der Waals surface area contributed by atoms with Gasteiger partial charge in [-0.25, -0.2) is 0 Å². The van der Waals surface area contributed by atoms with Gasteiger partial charge < -0.3 is 11.1 Å². The summed E-state index contributed by atoms with van der Waals surface area (Å²) in [5.41, 5.74) is 7.21. The molecule has 0 fully saturated rings. The number of nitrogens with two attached hydrogens (primary N) is 1. The van der Waals surface area contributed by atoms with Gasteiger partial charge in [0, 0.05) is 28.8 Å². The lowest BCUT2D eigenvalue weighted by Crippen LogP contribution is -2.31. The average Bonchev–Trinajstić information content (AvgIpc) is 2.44.